The van der Waals surface area contributed by atoms with Crippen LogP contribution in [0.15, 0.2) is 72.1 Å². The summed E-state index contributed by atoms with van der Waals surface area (Å²) in [6.07, 6.45) is 0.889. The minimum absolute atomic E-state index is 0.0364. The largest absolute Gasteiger partial charge is 0.355 e. The molecule has 0 unspecified atom stereocenters. The van der Waals surface area contributed by atoms with Crippen LogP contribution in [0.25, 0.3) is 11.1 Å². The number of carbonyl (C=O) groups is 1. The van der Waals surface area contributed by atoms with Crippen molar-refractivity contribution in [2.75, 3.05) is 13.1 Å². The number of nitrogens with one attached hydrogen (secondary N) is 2. The van der Waals surface area contributed by atoms with Gasteiger partial charge < -0.3 is 10.6 Å². The SMILES string of the molecule is C[C@H](NCC(=O)NCCc1cccs1)c1ccc(-c2ccccc2)cc1. The first-order chi connectivity index (χ1) is 12.7. The van der Waals surface area contributed by atoms with Crippen LogP contribution in [0.2, 0.25) is 0 Å². The summed E-state index contributed by atoms with van der Waals surface area (Å²) in [7, 11) is 0. The van der Waals surface area contributed by atoms with Crippen LogP contribution in [0.5, 0.6) is 0 Å². The number of carbonyl (C=O) groups excluding carboxylic acids is 1. The van der Waals surface area contributed by atoms with Gasteiger partial charge in [-0.2, -0.15) is 0 Å². The van der Waals surface area contributed by atoms with Crippen LogP contribution in [0.3, 0.4) is 0 Å². The fourth-order valence-electron chi connectivity index (χ4n) is 2.80. The Hall–Kier alpha value is -2.43. The highest BCUT2D eigenvalue weighted by Gasteiger charge is 2.08. The van der Waals surface area contributed by atoms with Gasteiger partial charge in [-0.05, 0) is 41.5 Å². The second-order valence-corrected chi connectivity index (χ2v) is 7.30. The zero-order valence-corrected chi connectivity index (χ0v) is 15.8. The molecule has 1 aromatic heterocycles. The summed E-state index contributed by atoms with van der Waals surface area (Å²) in [5.74, 6) is 0.0364. The molecule has 134 valence electrons. The molecule has 1 heterocycles. The van der Waals surface area contributed by atoms with E-state index in [1.807, 2.05) is 24.3 Å². The second kappa shape index (κ2) is 9.32. The third-order valence-electron chi connectivity index (χ3n) is 4.36. The summed E-state index contributed by atoms with van der Waals surface area (Å²) >= 11 is 1.72. The van der Waals surface area contributed by atoms with Crippen LogP contribution in [-0.4, -0.2) is 19.0 Å². The molecule has 0 bridgehead atoms. The van der Waals surface area contributed by atoms with Gasteiger partial charge >= 0.3 is 0 Å². The highest BCUT2D eigenvalue weighted by molar-refractivity contribution is 7.09. The number of hydrogen-bond donors (Lipinski definition) is 2. The van der Waals surface area contributed by atoms with Crippen molar-refractivity contribution in [1.82, 2.24) is 10.6 Å². The van der Waals surface area contributed by atoms with Gasteiger partial charge in [-0.3, -0.25) is 4.79 Å². The quantitative estimate of drug-likeness (QED) is 0.621. The van der Waals surface area contributed by atoms with Crippen molar-refractivity contribution in [3.8, 4) is 11.1 Å². The van der Waals surface area contributed by atoms with Crippen LogP contribution >= 0.6 is 11.3 Å². The van der Waals surface area contributed by atoms with Gasteiger partial charge in [0.25, 0.3) is 0 Å². The van der Waals surface area contributed by atoms with Gasteiger partial charge in [-0.15, -0.1) is 11.3 Å². The number of hydrogen-bond acceptors (Lipinski definition) is 3. The Morgan fingerprint density at radius 2 is 1.69 bits per heavy atom. The van der Waals surface area contributed by atoms with E-state index in [1.165, 1.54) is 21.6 Å². The molecule has 0 fully saturated rings. The molecule has 2 aromatic carbocycles. The Morgan fingerprint density at radius 3 is 2.38 bits per heavy atom. The molecule has 0 spiro atoms. The molecule has 0 saturated heterocycles. The minimum atomic E-state index is 0.0364. The summed E-state index contributed by atoms with van der Waals surface area (Å²) in [5.41, 5.74) is 3.59. The Morgan fingerprint density at radius 1 is 0.962 bits per heavy atom. The van der Waals surface area contributed by atoms with Crippen molar-refractivity contribution in [2.45, 2.75) is 19.4 Å². The van der Waals surface area contributed by atoms with Gasteiger partial charge in [0.15, 0.2) is 0 Å². The number of thiophene rings is 1. The zero-order chi connectivity index (χ0) is 18.2. The van der Waals surface area contributed by atoms with E-state index in [0.29, 0.717) is 13.1 Å². The Balaban J connectivity index is 1.44. The first-order valence-corrected chi connectivity index (χ1v) is 9.78. The fourth-order valence-corrected chi connectivity index (χ4v) is 3.51. The smallest absolute Gasteiger partial charge is 0.233 e. The monoisotopic (exact) mass is 364 g/mol. The zero-order valence-electron chi connectivity index (χ0n) is 14.9. The van der Waals surface area contributed by atoms with Crippen molar-refractivity contribution < 1.29 is 4.79 Å². The maximum atomic E-state index is 12.0. The molecule has 3 rings (SSSR count). The van der Waals surface area contributed by atoms with Crippen molar-refractivity contribution in [2.24, 2.45) is 0 Å². The molecule has 26 heavy (non-hydrogen) atoms. The van der Waals surface area contributed by atoms with Crippen molar-refractivity contribution in [3.63, 3.8) is 0 Å². The molecular formula is C22H24N2OS. The van der Waals surface area contributed by atoms with Crippen LogP contribution < -0.4 is 10.6 Å². The number of rotatable bonds is 8. The third-order valence-corrected chi connectivity index (χ3v) is 5.30. The van der Waals surface area contributed by atoms with Crippen molar-refractivity contribution in [1.29, 1.82) is 0 Å². The molecule has 0 saturated carbocycles. The van der Waals surface area contributed by atoms with E-state index < -0.39 is 0 Å². The molecule has 0 aliphatic carbocycles. The van der Waals surface area contributed by atoms with Crippen LogP contribution in [0.4, 0.5) is 0 Å². The minimum Gasteiger partial charge on any atom is -0.355 e. The van der Waals surface area contributed by atoms with Gasteiger partial charge in [0.05, 0.1) is 6.54 Å². The van der Waals surface area contributed by atoms with Gasteiger partial charge in [0.2, 0.25) is 5.91 Å². The van der Waals surface area contributed by atoms with Gasteiger partial charge in [0.1, 0.15) is 0 Å². The van der Waals surface area contributed by atoms with E-state index in [0.717, 1.165) is 6.42 Å². The van der Waals surface area contributed by atoms with E-state index in [2.05, 4.69) is 65.4 Å². The second-order valence-electron chi connectivity index (χ2n) is 6.27. The first kappa shape index (κ1) is 18.4. The Bertz CT molecular complexity index is 798. The Labute approximate surface area is 159 Å². The molecule has 3 nitrogen and oxygen atoms in total. The summed E-state index contributed by atoms with van der Waals surface area (Å²) < 4.78 is 0. The van der Waals surface area contributed by atoms with E-state index in [1.54, 1.807) is 11.3 Å². The maximum Gasteiger partial charge on any atom is 0.233 e. The third kappa shape index (κ3) is 5.28. The van der Waals surface area contributed by atoms with Crippen molar-refractivity contribution in [3.05, 3.63) is 82.6 Å². The van der Waals surface area contributed by atoms with E-state index in [4.69, 9.17) is 0 Å². The molecule has 1 amide bonds. The summed E-state index contributed by atoms with van der Waals surface area (Å²) in [4.78, 5) is 13.3. The maximum absolute atomic E-state index is 12.0. The normalized spacial score (nSPS) is 11.9. The molecule has 0 radical (unpaired) electrons. The standard InChI is InChI=1S/C22H24N2OS/c1-17(24-16-22(25)23-14-13-21-8-5-15-26-21)18-9-11-20(12-10-18)19-6-3-2-4-7-19/h2-12,15,17,24H,13-14,16H2,1H3,(H,23,25)/t17-/m0/s1. The fraction of sp³-hybridized carbons (Fsp3) is 0.227. The van der Waals surface area contributed by atoms with Crippen LogP contribution in [0.1, 0.15) is 23.4 Å². The summed E-state index contributed by atoms with van der Waals surface area (Å²) in [6, 6.07) is 23.1. The molecule has 0 aliphatic heterocycles. The van der Waals surface area contributed by atoms with Crippen LogP contribution in [-0.2, 0) is 11.2 Å². The van der Waals surface area contributed by atoms with Gasteiger partial charge in [-0.1, -0.05) is 60.7 Å². The molecule has 2 N–H and O–H groups in total. The lowest BCUT2D eigenvalue weighted by Crippen LogP contribution is -2.35. The molecule has 3 aromatic rings. The van der Waals surface area contributed by atoms with Gasteiger partial charge in [-0.25, -0.2) is 0 Å². The lowest BCUT2D eigenvalue weighted by Gasteiger charge is -2.15. The Kier molecular flexibility index (Phi) is 6.58. The molecule has 4 heteroatoms. The lowest BCUT2D eigenvalue weighted by molar-refractivity contribution is -0.120. The summed E-state index contributed by atoms with van der Waals surface area (Å²) in [5, 5.41) is 8.31. The van der Waals surface area contributed by atoms with Gasteiger partial charge in [0, 0.05) is 17.5 Å². The van der Waals surface area contributed by atoms with Crippen molar-refractivity contribution >= 4 is 17.2 Å². The average Bonchev–Trinajstić information content (AvgIpc) is 3.20. The predicted molar refractivity (Wildman–Crippen MR) is 109 cm³/mol. The van der Waals surface area contributed by atoms with E-state index in [-0.39, 0.29) is 11.9 Å². The lowest BCUT2D eigenvalue weighted by atomic mass is 10.0. The molecule has 0 aliphatic rings. The molecule has 1 atom stereocenters. The summed E-state index contributed by atoms with van der Waals surface area (Å²) in [6.45, 7) is 3.09. The predicted octanol–water partition coefficient (Wildman–Crippen LogP) is 4.42. The first-order valence-electron chi connectivity index (χ1n) is 8.90. The average molecular weight is 365 g/mol. The highest BCUT2D eigenvalue weighted by atomic mass is 32.1. The van der Waals surface area contributed by atoms with Crippen LogP contribution in [0, 0.1) is 0 Å². The highest BCUT2D eigenvalue weighted by Crippen LogP contribution is 2.21. The molecular weight excluding hydrogens is 340 g/mol. The topological polar surface area (TPSA) is 41.1 Å². The number of benzene rings is 2. The van der Waals surface area contributed by atoms with E-state index >= 15 is 0 Å². The van der Waals surface area contributed by atoms with E-state index in [9.17, 15) is 4.79 Å². The number of amides is 1.